The number of nitrogens with zero attached hydrogens (tertiary/aromatic N) is 1. The summed E-state index contributed by atoms with van der Waals surface area (Å²) in [6.07, 6.45) is 0.856. The standard InChI is InChI=1S/C6H12N2O4/c7-5(6(10)11)2-1-3-8(12)4-9/h4-5,12H,1-3,7H2,(H,10,11)/t5-/m1/s1. The number of carboxylic acid groups (broad SMARTS) is 1. The number of carbonyl (C=O) groups is 2. The molecule has 0 aromatic carbocycles. The fourth-order valence-corrected chi connectivity index (χ4v) is 0.649. The quantitative estimate of drug-likeness (QED) is 0.274. The normalized spacial score (nSPS) is 12.2. The van der Waals surface area contributed by atoms with Crippen LogP contribution < -0.4 is 5.73 Å². The highest BCUT2D eigenvalue weighted by atomic mass is 16.5. The van der Waals surface area contributed by atoms with Crippen LogP contribution in [0.15, 0.2) is 0 Å². The van der Waals surface area contributed by atoms with E-state index in [1.54, 1.807) is 0 Å². The van der Waals surface area contributed by atoms with Crippen molar-refractivity contribution in [3.05, 3.63) is 0 Å². The van der Waals surface area contributed by atoms with Gasteiger partial charge in [0.15, 0.2) is 0 Å². The Bertz CT molecular complexity index is 162. The minimum atomic E-state index is -1.08. The SMILES string of the molecule is N[C@H](CCCN(O)C=O)C(=O)O. The van der Waals surface area contributed by atoms with Crippen LogP contribution in [0.2, 0.25) is 0 Å². The fourth-order valence-electron chi connectivity index (χ4n) is 0.649. The second kappa shape index (κ2) is 5.50. The van der Waals surface area contributed by atoms with Crippen molar-refractivity contribution in [2.75, 3.05) is 6.54 Å². The number of nitrogens with two attached hydrogens (primary N) is 1. The first-order chi connectivity index (χ1) is 5.57. The average molecular weight is 176 g/mol. The van der Waals surface area contributed by atoms with Gasteiger partial charge in [0.25, 0.3) is 0 Å². The molecule has 1 amide bonds. The molecule has 70 valence electrons. The topological polar surface area (TPSA) is 104 Å². The smallest absolute Gasteiger partial charge is 0.320 e. The number of aliphatic carboxylic acids is 1. The molecule has 0 spiro atoms. The molecule has 0 rings (SSSR count). The Balaban J connectivity index is 3.43. The van der Waals surface area contributed by atoms with E-state index < -0.39 is 12.0 Å². The molecule has 0 bridgehead atoms. The Labute approximate surface area is 69.5 Å². The molecular weight excluding hydrogens is 164 g/mol. The maximum Gasteiger partial charge on any atom is 0.320 e. The van der Waals surface area contributed by atoms with E-state index in [0.717, 1.165) is 0 Å². The van der Waals surface area contributed by atoms with Crippen LogP contribution in [-0.2, 0) is 9.59 Å². The number of amides is 1. The largest absolute Gasteiger partial charge is 0.480 e. The van der Waals surface area contributed by atoms with Crippen LogP contribution in [0.5, 0.6) is 0 Å². The summed E-state index contributed by atoms with van der Waals surface area (Å²) in [7, 11) is 0. The number of hydroxylamine groups is 2. The third-order valence-corrected chi connectivity index (χ3v) is 1.34. The molecule has 12 heavy (non-hydrogen) atoms. The monoisotopic (exact) mass is 176 g/mol. The van der Waals surface area contributed by atoms with Gasteiger partial charge in [-0.2, -0.15) is 0 Å². The van der Waals surface area contributed by atoms with E-state index in [4.69, 9.17) is 16.0 Å². The number of rotatable bonds is 6. The van der Waals surface area contributed by atoms with Gasteiger partial charge in [0.05, 0.1) is 0 Å². The van der Waals surface area contributed by atoms with E-state index >= 15 is 0 Å². The molecule has 0 aromatic rings. The molecular formula is C6H12N2O4. The van der Waals surface area contributed by atoms with Gasteiger partial charge >= 0.3 is 5.97 Å². The van der Waals surface area contributed by atoms with E-state index in [2.05, 4.69) is 0 Å². The van der Waals surface area contributed by atoms with Crippen molar-refractivity contribution in [1.82, 2.24) is 5.06 Å². The summed E-state index contributed by atoms with van der Waals surface area (Å²) >= 11 is 0. The van der Waals surface area contributed by atoms with E-state index in [1.165, 1.54) is 0 Å². The molecule has 0 aliphatic carbocycles. The summed E-state index contributed by atoms with van der Waals surface area (Å²) < 4.78 is 0. The van der Waals surface area contributed by atoms with Crippen molar-refractivity contribution in [2.24, 2.45) is 5.73 Å². The lowest BCUT2D eigenvalue weighted by atomic mass is 10.2. The van der Waals surface area contributed by atoms with Crippen molar-refractivity contribution in [2.45, 2.75) is 18.9 Å². The summed E-state index contributed by atoms with van der Waals surface area (Å²) in [5.74, 6) is -1.08. The first-order valence-corrected chi connectivity index (χ1v) is 3.47. The van der Waals surface area contributed by atoms with Crippen LogP contribution in [0.3, 0.4) is 0 Å². The molecule has 1 atom stereocenters. The van der Waals surface area contributed by atoms with Crippen molar-refractivity contribution in [3.8, 4) is 0 Å². The Kier molecular flexibility index (Phi) is 4.98. The Morgan fingerprint density at radius 3 is 2.67 bits per heavy atom. The third-order valence-electron chi connectivity index (χ3n) is 1.34. The van der Waals surface area contributed by atoms with Gasteiger partial charge in [-0.15, -0.1) is 0 Å². The molecule has 0 saturated carbocycles. The summed E-state index contributed by atoms with van der Waals surface area (Å²) in [6, 6.07) is -0.926. The van der Waals surface area contributed by atoms with Crippen LogP contribution in [0.4, 0.5) is 0 Å². The Morgan fingerprint density at radius 2 is 2.25 bits per heavy atom. The predicted molar refractivity (Wildman–Crippen MR) is 39.4 cm³/mol. The van der Waals surface area contributed by atoms with E-state index in [9.17, 15) is 9.59 Å². The maximum atomic E-state index is 10.2. The van der Waals surface area contributed by atoms with Crippen LogP contribution in [0, 0.1) is 0 Å². The number of carbonyl (C=O) groups excluding carboxylic acids is 1. The van der Waals surface area contributed by atoms with Gasteiger partial charge in [-0.3, -0.25) is 14.8 Å². The second-order valence-corrected chi connectivity index (χ2v) is 2.36. The molecule has 0 radical (unpaired) electrons. The zero-order chi connectivity index (χ0) is 9.56. The van der Waals surface area contributed by atoms with Gasteiger partial charge in [0, 0.05) is 6.54 Å². The highest BCUT2D eigenvalue weighted by Crippen LogP contribution is 1.95. The van der Waals surface area contributed by atoms with E-state index in [-0.39, 0.29) is 19.4 Å². The lowest BCUT2D eigenvalue weighted by Gasteiger charge is -2.09. The highest BCUT2D eigenvalue weighted by molar-refractivity contribution is 5.72. The third kappa shape index (κ3) is 4.64. The average Bonchev–Trinajstić information content (AvgIpc) is 2.03. The molecule has 0 fully saturated rings. The van der Waals surface area contributed by atoms with E-state index in [1.807, 2.05) is 0 Å². The van der Waals surface area contributed by atoms with E-state index in [0.29, 0.717) is 11.5 Å². The summed E-state index contributed by atoms with van der Waals surface area (Å²) in [5.41, 5.74) is 5.16. The highest BCUT2D eigenvalue weighted by Gasteiger charge is 2.10. The summed E-state index contributed by atoms with van der Waals surface area (Å²) in [4.78, 5) is 20.0. The van der Waals surface area contributed by atoms with Crippen LogP contribution in [0.1, 0.15) is 12.8 Å². The van der Waals surface area contributed by atoms with Gasteiger partial charge in [-0.25, -0.2) is 5.06 Å². The number of hydrogen-bond acceptors (Lipinski definition) is 4. The van der Waals surface area contributed by atoms with Gasteiger partial charge in [-0.05, 0) is 12.8 Å². The maximum absolute atomic E-state index is 10.2. The zero-order valence-electron chi connectivity index (χ0n) is 6.51. The van der Waals surface area contributed by atoms with Gasteiger partial charge in [0.1, 0.15) is 6.04 Å². The molecule has 0 aliphatic heterocycles. The van der Waals surface area contributed by atoms with Gasteiger partial charge < -0.3 is 10.8 Å². The zero-order valence-corrected chi connectivity index (χ0v) is 6.51. The molecule has 0 unspecified atom stereocenters. The predicted octanol–water partition coefficient (Wildman–Crippen LogP) is -0.974. The number of hydrogen-bond donors (Lipinski definition) is 3. The molecule has 6 heteroatoms. The molecule has 0 saturated heterocycles. The van der Waals surface area contributed by atoms with Crippen molar-refractivity contribution in [3.63, 3.8) is 0 Å². The van der Waals surface area contributed by atoms with Crippen LogP contribution >= 0.6 is 0 Å². The Hall–Kier alpha value is -1.14. The summed E-state index contributed by atoms with van der Waals surface area (Å²) in [5, 5.41) is 17.4. The lowest BCUT2D eigenvalue weighted by Crippen LogP contribution is -2.31. The van der Waals surface area contributed by atoms with Gasteiger partial charge in [-0.1, -0.05) is 0 Å². The molecule has 0 heterocycles. The van der Waals surface area contributed by atoms with Crippen molar-refractivity contribution >= 4 is 12.4 Å². The minimum absolute atomic E-state index is 0.102. The number of carboxylic acids is 1. The second-order valence-electron chi connectivity index (χ2n) is 2.36. The molecule has 0 aromatic heterocycles. The minimum Gasteiger partial charge on any atom is -0.480 e. The van der Waals surface area contributed by atoms with Crippen LogP contribution in [-0.4, -0.2) is 40.3 Å². The van der Waals surface area contributed by atoms with Crippen molar-refractivity contribution < 1.29 is 19.9 Å². The summed E-state index contributed by atoms with van der Waals surface area (Å²) in [6.45, 7) is 0.102. The molecule has 0 aliphatic rings. The van der Waals surface area contributed by atoms with Crippen molar-refractivity contribution in [1.29, 1.82) is 0 Å². The lowest BCUT2D eigenvalue weighted by molar-refractivity contribution is -0.150. The molecule has 6 nitrogen and oxygen atoms in total. The fraction of sp³-hybridized carbons (Fsp3) is 0.667. The first kappa shape index (κ1) is 10.9. The first-order valence-electron chi connectivity index (χ1n) is 3.47. The van der Waals surface area contributed by atoms with Gasteiger partial charge in [0.2, 0.25) is 6.41 Å². The Morgan fingerprint density at radius 1 is 1.67 bits per heavy atom. The van der Waals surface area contributed by atoms with Crippen LogP contribution in [0.25, 0.3) is 0 Å². The molecule has 4 N–H and O–H groups in total.